The first-order chi connectivity index (χ1) is 6.75. The third-order valence-corrected chi connectivity index (χ3v) is 2.37. The molecule has 0 fully saturated rings. The average Bonchev–Trinajstić information content (AvgIpc) is 2.19. The van der Waals surface area contributed by atoms with Gasteiger partial charge in [-0.2, -0.15) is 0 Å². The molecule has 0 saturated carbocycles. The summed E-state index contributed by atoms with van der Waals surface area (Å²) in [6, 6.07) is 9.34. The topological polar surface area (TPSA) is 25.8 Å². The van der Waals surface area contributed by atoms with Gasteiger partial charge in [-0.3, -0.25) is 4.98 Å². The van der Waals surface area contributed by atoms with Crippen LogP contribution in [0, 0.1) is 0 Å². The highest BCUT2D eigenvalue weighted by molar-refractivity contribution is 9.10. The Hall–Kier alpha value is -0.930. The number of rotatable bonds is 1. The third-order valence-electron chi connectivity index (χ3n) is 1.70. The molecule has 2 nitrogen and oxygen atoms in total. The van der Waals surface area contributed by atoms with Gasteiger partial charge in [0.05, 0.1) is 16.4 Å². The Morgan fingerprint density at radius 1 is 1.07 bits per heavy atom. The first kappa shape index (κ1) is 9.62. The van der Waals surface area contributed by atoms with Crippen molar-refractivity contribution in [3.05, 3.63) is 46.2 Å². The van der Waals surface area contributed by atoms with Crippen LogP contribution in [0.25, 0.3) is 11.4 Å². The highest BCUT2D eigenvalue weighted by atomic mass is 79.9. The van der Waals surface area contributed by atoms with E-state index in [-0.39, 0.29) is 0 Å². The maximum absolute atomic E-state index is 5.74. The molecule has 0 radical (unpaired) electrons. The van der Waals surface area contributed by atoms with Gasteiger partial charge in [0.15, 0.2) is 0 Å². The monoisotopic (exact) mass is 268 g/mol. The van der Waals surface area contributed by atoms with Crippen molar-refractivity contribution in [2.24, 2.45) is 0 Å². The van der Waals surface area contributed by atoms with Crippen molar-refractivity contribution in [1.29, 1.82) is 0 Å². The van der Waals surface area contributed by atoms with Gasteiger partial charge in [0.25, 0.3) is 0 Å². The lowest BCUT2D eigenvalue weighted by molar-refractivity contribution is 1.22. The van der Waals surface area contributed by atoms with E-state index in [4.69, 9.17) is 11.6 Å². The van der Waals surface area contributed by atoms with E-state index in [1.807, 2.05) is 24.3 Å². The first-order valence-electron chi connectivity index (χ1n) is 4.00. The molecule has 2 aromatic rings. The minimum absolute atomic E-state index is 0.628. The van der Waals surface area contributed by atoms with Gasteiger partial charge in [0.2, 0.25) is 0 Å². The number of pyridine rings is 2. The Kier molecular flexibility index (Phi) is 2.79. The summed E-state index contributed by atoms with van der Waals surface area (Å²) in [6.45, 7) is 0. The van der Waals surface area contributed by atoms with Gasteiger partial charge in [-0.1, -0.05) is 17.7 Å². The first-order valence-corrected chi connectivity index (χ1v) is 5.17. The van der Waals surface area contributed by atoms with Gasteiger partial charge in [0.1, 0.15) is 4.60 Å². The summed E-state index contributed by atoms with van der Waals surface area (Å²) in [4.78, 5) is 8.46. The lowest BCUT2D eigenvalue weighted by atomic mass is 10.2. The van der Waals surface area contributed by atoms with Crippen LogP contribution >= 0.6 is 27.5 Å². The summed E-state index contributed by atoms with van der Waals surface area (Å²) >= 11 is 9.05. The van der Waals surface area contributed by atoms with E-state index in [0.29, 0.717) is 5.02 Å². The molecular formula is C10H6BrClN2. The number of nitrogens with zero attached hydrogens (tertiary/aromatic N) is 2. The SMILES string of the molecule is Clc1ccc(-c2cccc(Br)n2)nc1. The minimum atomic E-state index is 0.628. The lowest BCUT2D eigenvalue weighted by Gasteiger charge is -1.99. The predicted octanol–water partition coefficient (Wildman–Crippen LogP) is 3.56. The molecule has 2 rings (SSSR count). The van der Waals surface area contributed by atoms with E-state index in [1.54, 1.807) is 12.3 Å². The molecule has 2 heterocycles. The number of halogens is 2. The number of hydrogen-bond acceptors (Lipinski definition) is 2. The molecule has 0 atom stereocenters. The van der Waals surface area contributed by atoms with Gasteiger partial charge in [0, 0.05) is 6.20 Å². The zero-order valence-corrected chi connectivity index (χ0v) is 9.46. The molecule has 0 bridgehead atoms. The van der Waals surface area contributed by atoms with Crippen molar-refractivity contribution in [3.8, 4) is 11.4 Å². The van der Waals surface area contributed by atoms with Gasteiger partial charge < -0.3 is 0 Å². The van der Waals surface area contributed by atoms with Crippen molar-refractivity contribution >= 4 is 27.5 Å². The molecule has 0 aliphatic heterocycles. The largest absolute Gasteiger partial charge is 0.253 e. The third kappa shape index (κ3) is 2.11. The van der Waals surface area contributed by atoms with E-state index in [1.165, 1.54) is 0 Å². The zero-order valence-electron chi connectivity index (χ0n) is 7.11. The second kappa shape index (κ2) is 4.07. The zero-order chi connectivity index (χ0) is 9.97. The molecule has 0 unspecified atom stereocenters. The number of hydrogen-bond donors (Lipinski definition) is 0. The van der Waals surface area contributed by atoms with Crippen LogP contribution in [0.15, 0.2) is 41.1 Å². The van der Waals surface area contributed by atoms with Crippen molar-refractivity contribution in [1.82, 2.24) is 9.97 Å². The van der Waals surface area contributed by atoms with Crippen LogP contribution in [0.3, 0.4) is 0 Å². The summed E-state index contributed by atoms with van der Waals surface area (Å²) in [7, 11) is 0. The standard InChI is InChI=1S/C10H6BrClN2/c11-10-3-1-2-9(14-10)8-5-4-7(12)6-13-8/h1-6H. The maximum atomic E-state index is 5.74. The molecule has 4 heteroatoms. The summed E-state index contributed by atoms with van der Waals surface area (Å²) in [5.41, 5.74) is 1.65. The fraction of sp³-hybridized carbons (Fsp3) is 0. The molecule has 70 valence electrons. The summed E-state index contributed by atoms with van der Waals surface area (Å²) in [5, 5.41) is 0.628. The Balaban J connectivity index is 2.44. The molecule has 0 amide bonds. The van der Waals surface area contributed by atoms with Crippen LogP contribution < -0.4 is 0 Å². The smallest absolute Gasteiger partial charge is 0.106 e. The Morgan fingerprint density at radius 2 is 1.93 bits per heavy atom. The van der Waals surface area contributed by atoms with Crippen LogP contribution in [0.5, 0.6) is 0 Å². The van der Waals surface area contributed by atoms with E-state index in [9.17, 15) is 0 Å². The van der Waals surface area contributed by atoms with Crippen LogP contribution in [0.2, 0.25) is 5.02 Å². The fourth-order valence-corrected chi connectivity index (χ4v) is 1.53. The van der Waals surface area contributed by atoms with Crippen LogP contribution in [0.1, 0.15) is 0 Å². The summed E-state index contributed by atoms with van der Waals surface area (Å²) in [5.74, 6) is 0. The second-order valence-electron chi connectivity index (χ2n) is 2.71. The van der Waals surface area contributed by atoms with Crippen LogP contribution in [0.4, 0.5) is 0 Å². The van der Waals surface area contributed by atoms with Crippen LogP contribution in [-0.4, -0.2) is 9.97 Å². The predicted molar refractivity (Wildman–Crippen MR) is 60.2 cm³/mol. The Labute approximate surface area is 95.1 Å². The van der Waals surface area contributed by atoms with Crippen molar-refractivity contribution in [2.75, 3.05) is 0 Å². The van der Waals surface area contributed by atoms with Crippen molar-refractivity contribution in [3.63, 3.8) is 0 Å². The van der Waals surface area contributed by atoms with Gasteiger partial charge >= 0.3 is 0 Å². The number of aromatic nitrogens is 2. The summed E-state index contributed by atoms with van der Waals surface area (Å²) < 4.78 is 0.798. The maximum Gasteiger partial charge on any atom is 0.106 e. The van der Waals surface area contributed by atoms with Crippen molar-refractivity contribution < 1.29 is 0 Å². The molecule has 0 aromatic carbocycles. The Morgan fingerprint density at radius 3 is 2.57 bits per heavy atom. The average molecular weight is 270 g/mol. The molecule has 0 spiro atoms. The van der Waals surface area contributed by atoms with Crippen LogP contribution in [-0.2, 0) is 0 Å². The Bertz CT molecular complexity index is 442. The quantitative estimate of drug-likeness (QED) is 0.740. The molecule has 2 aromatic heterocycles. The van der Waals surface area contributed by atoms with E-state index < -0.39 is 0 Å². The highest BCUT2D eigenvalue weighted by Gasteiger charge is 2.00. The molecular weight excluding hydrogens is 263 g/mol. The minimum Gasteiger partial charge on any atom is -0.253 e. The molecule has 0 aliphatic rings. The van der Waals surface area contributed by atoms with Gasteiger partial charge in [-0.25, -0.2) is 4.98 Å². The summed E-state index contributed by atoms with van der Waals surface area (Å²) in [6.07, 6.45) is 1.61. The van der Waals surface area contributed by atoms with Gasteiger partial charge in [-0.15, -0.1) is 0 Å². The normalized spacial score (nSPS) is 10.1. The second-order valence-corrected chi connectivity index (χ2v) is 3.96. The van der Waals surface area contributed by atoms with E-state index >= 15 is 0 Å². The fourth-order valence-electron chi connectivity index (χ4n) is 1.08. The molecule has 0 aliphatic carbocycles. The molecule has 0 N–H and O–H groups in total. The molecule has 0 saturated heterocycles. The van der Waals surface area contributed by atoms with E-state index in [0.717, 1.165) is 16.0 Å². The highest BCUT2D eigenvalue weighted by Crippen LogP contribution is 2.18. The van der Waals surface area contributed by atoms with E-state index in [2.05, 4.69) is 25.9 Å². The van der Waals surface area contributed by atoms with Gasteiger partial charge in [-0.05, 0) is 40.2 Å². The lowest BCUT2D eigenvalue weighted by Crippen LogP contribution is -1.86. The molecule has 14 heavy (non-hydrogen) atoms. The van der Waals surface area contributed by atoms with Crippen molar-refractivity contribution in [2.45, 2.75) is 0 Å².